The summed E-state index contributed by atoms with van der Waals surface area (Å²) in [5, 5.41) is 2.80. The second kappa shape index (κ2) is 11.8. The van der Waals surface area contributed by atoms with Crippen molar-refractivity contribution in [3.8, 4) is 5.75 Å². The molecule has 1 amide bonds. The lowest BCUT2D eigenvalue weighted by Crippen LogP contribution is -2.33. The SMILES string of the molecule is Cc1ccn2c(C(=O)NCc3ccc(N4CCC(c5ccc(OC(F)(F)F)cc5)CC4)cc3F)c(C)nc2c1.Cl. The average molecular weight is 577 g/mol. The number of nitrogens with zero attached hydrogens (tertiary/aromatic N) is 3. The van der Waals surface area contributed by atoms with Gasteiger partial charge in [-0.25, -0.2) is 9.37 Å². The van der Waals surface area contributed by atoms with Crippen molar-refractivity contribution >= 4 is 29.6 Å². The molecule has 1 N–H and O–H groups in total. The molecular formula is C29H29ClF4N4O2. The van der Waals surface area contributed by atoms with E-state index in [4.69, 9.17) is 0 Å². The van der Waals surface area contributed by atoms with Crippen molar-refractivity contribution in [2.24, 2.45) is 0 Å². The number of pyridine rings is 1. The molecule has 40 heavy (non-hydrogen) atoms. The molecule has 3 heterocycles. The third-order valence-corrected chi connectivity index (χ3v) is 7.09. The van der Waals surface area contributed by atoms with Crippen LogP contribution in [0.15, 0.2) is 60.8 Å². The van der Waals surface area contributed by atoms with Crippen molar-refractivity contribution in [3.05, 3.63) is 94.7 Å². The summed E-state index contributed by atoms with van der Waals surface area (Å²) < 4.78 is 57.8. The second-order valence-electron chi connectivity index (χ2n) is 9.81. The summed E-state index contributed by atoms with van der Waals surface area (Å²) in [5.74, 6) is -0.764. The van der Waals surface area contributed by atoms with Gasteiger partial charge in [-0.3, -0.25) is 9.20 Å². The van der Waals surface area contributed by atoms with E-state index in [1.807, 2.05) is 25.1 Å². The minimum Gasteiger partial charge on any atom is -0.406 e. The Hall–Kier alpha value is -3.79. The highest BCUT2D eigenvalue weighted by Gasteiger charge is 2.31. The number of anilines is 1. The van der Waals surface area contributed by atoms with E-state index in [0.717, 1.165) is 29.7 Å². The van der Waals surface area contributed by atoms with E-state index in [1.165, 1.54) is 18.2 Å². The Kier molecular flexibility index (Phi) is 8.58. The molecule has 2 aromatic heterocycles. The number of carbonyl (C=O) groups is 1. The first-order valence-corrected chi connectivity index (χ1v) is 12.7. The average Bonchev–Trinajstić information content (AvgIpc) is 3.22. The minimum atomic E-state index is -4.71. The Morgan fingerprint density at radius 2 is 1.75 bits per heavy atom. The number of fused-ring (bicyclic) bond motifs is 1. The van der Waals surface area contributed by atoms with Crippen LogP contribution in [0.25, 0.3) is 5.65 Å². The first-order chi connectivity index (χ1) is 18.6. The van der Waals surface area contributed by atoms with Crippen LogP contribution in [-0.2, 0) is 6.54 Å². The van der Waals surface area contributed by atoms with Crippen LogP contribution in [0.2, 0.25) is 0 Å². The summed E-state index contributed by atoms with van der Waals surface area (Å²) in [6.45, 7) is 5.14. The van der Waals surface area contributed by atoms with Gasteiger partial charge in [0.2, 0.25) is 0 Å². The molecular weight excluding hydrogens is 548 g/mol. The molecule has 2 aromatic carbocycles. The van der Waals surface area contributed by atoms with Crippen molar-refractivity contribution in [1.29, 1.82) is 0 Å². The number of alkyl halides is 3. The third-order valence-electron chi connectivity index (χ3n) is 7.09. The lowest BCUT2D eigenvalue weighted by atomic mass is 9.89. The van der Waals surface area contributed by atoms with Crippen LogP contribution in [0.1, 0.15) is 51.6 Å². The Labute approximate surface area is 235 Å². The molecule has 212 valence electrons. The molecule has 0 atom stereocenters. The smallest absolute Gasteiger partial charge is 0.406 e. The fourth-order valence-electron chi connectivity index (χ4n) is 5.09. The van der Waals surface area contributed by atoms with Crippen LogP contribution < -0.4 is 15.0 Å². The van der Waals surface area contributed by atoms with E-state index in [9.17, 15) is 22.4 Å². The molecule has 0 unspecified atom stereocenters. The number of hydrogen-bond donors (Lipinski definition) is 1. The largest absolute Gasteiger partial charge is 0.573 e. The molecule has 4 aromatic rings. The number of imidazole rings is 1. The van der Waals surface area contributed by atoms with E-state index >= 15 is 0 Å². The number of rotatable bonds is 6. The molecule has 1 aliphatic heterocycles. The van der Waals surface area contributed by atoms with Crippen molar-refractivity contribution < 1.29 is 27.1 Å². The van der Waals surface area contributed by atoms with Gasteiger partial charge in [0.05, 0.1) is 5.69 Å². The zero-order chi connectivity index (χ0) is 27.7. The van der Waals surface area contributed by atoms with Gasteiger partial charge < -0.3 is 15.0 Å². The molecule has 5 rings (SSSR count). The van der Waals surface area contributed by atoms with Crippen LogP contribution in [0.5, 0.6) is 5.75 Å². The lowest BCUT2D eigenvalue weighted by Gasteiger charge is -2.34. The summed E-state index contributed by atoms with van der Waals surface area (Å²) in [4.78, 5) is 19.4. The van der Waals surface area contributed by atoms with Crippen LogP contribution in [0.4, 0.5) is 23.2 Å². The number of carbonyl (C=O) groups excluding carboxylic acids is 1. The van der Waals surface area contributed by atoms with Gasteiger partial charge in [-0.05, 0) is 80.1 Å². The fraction of sp³-hybridized carbons (Fsp3) is 0.310. The summed E-state index contributed by atoms with van der Waals surface area (Å²) >= 11 is 0. The number of amides is 1. The molecule has 6 nitrogen and oxygen atoms in total. The number of aromatic nitrogens is 2. The van der Waals surface area contributed by atoms with Gasteiger partial charge in [0.15, 0.2) is 0 Å². The summed E-state index contributed by atoms with van der Waals surface area (Å²) in [6, 6.07) is 14.8. The van der Waals surface area contributed by atoms with Gasteiger partial charge in [-0.2, -0.15) is 0 Å². The fourth-order valence-corrected chi connectivity index (χ4v) is 5.09. The van der Waals surface area contributed by atoms with Crippen molar-refractivity contribution in [3.63, 3.8) is 0 Å². The summed E-state index contributed by atoms with van der Waals surface area (Å²) in [6.07, 6.45) is -1.33. The molecule has 0 radical (unpaired) electrons. The maximum Gasteiger partial charge on any atom is 0.573 e. The normalized spacial score (nSPS) is 14.2. The first kappa shape index (κ1) is 29.2. The van der Waals surface area contributed by atoms with E-state index in [-0.39, 0.29) is 36.5 Å². The highest BCUT2D eigenvalue weighted by atomic mass is 35.5. The highest BCUT2D eigenvalue weighted by molar-refractivity contribution is 5.94. The lowest BCUT2D eigenvalue weighted by molar-refractivity contribution is -0.274. The molecule has 11 heteroatoms. The zero-order valence-corrected chi connectivity index (χ0v) is 22.8. The predicted molar refractivity (Wildman–Crippen MR) is 147 cm³/mol. The van der Waals surface area contributed by atoms with Crippen molar-refractivity contribution in [1.82, 2.24) is 14.7 Å². The van der Waals surface area contributed by atoms with Gasteiger partial charge in [0.1, 0.15) is 22.9 Å². The van der Waals surface area contributed by atoms with E-state index in [2.05, 4.69) is 19.9 Å². The Morgan fingerprint density at radius 3 is 2.40 bits per heavy atom. The van der Waals surface area contributed by atoms with Gasteiger partial charge in [-0.15, -0.1) is 25.6 Å². The summed E-state index contributed by atoms with van der Waals surface area (Å²) in [5.41, 5.74) is 4.84. The topological polar surface area (TPSA) is 58.9 Å². The standard InChI is InChI=1S/C29H28F4N4O2.ClH/c1-18-9-14-37-26(15-18)35-19(2)27(37)28(38)34-17-22-3-6-23(16-25(22)30)36-12-10-21(11-13-36)20-4-7-24(8-5-20)39-29(31,32)33;/h3-9,14-16,21H,10-13,17H2,1-2H3,(H,34,38);1H. The van der Waals surface area contributed by atoms with E-state index in [0.29, 0.717) is 35.7 Å². The quantitative estimate of drug-likeness (QED) is 0.259. The Morgan fingerprint density at radius 1 is 1.05 bits per heavy atom. The van der Waals surface area contributed by atoms with Crippen LogP contribution in [0, 0.1) is 19.7 Å². The number of ether oxygens (including phenoxy) is 1. The maximum atomic E-state index is 15.0. The van der Waals surface area contributed by atoms with Gasteiger partial charge in [0, 0.05) is 37.1 Å². The maximum absolute atomic E-state index is 15.0. The first-order valence-electron chi connectivity index (χ1n) is 12.7. The molecule has 0 spiro atoms. The van der Waals surface area contributed by atoms with Gasteiger partial charge in [-0.1, -0.05) is 18.2 Å². The number of benzene rings is 2. The Balaban J connectivity index is 0.00000370. The molecule has 0 aliphatic carbocycles. The number of halogens is 5. The molecule has 1 saturated heterocycles. The van der Waals surface area contributed by atoms with Crippen molar-refractivity contribution in [2.75, 3.05) is 18.0 Å². The second-order valence-corrected chi connectivity index (χ2v) is 9.81. The monoisotopic (exact) mass is 576 g/mol. The number of piperidine rings is 1. The summed E-state index contributed by atoms with van der Waals surface area (Å²) in [7, 11) is 0. The van der Waals surface area contributed by atoms with Gasteiger partial charge in [0.25, 0.3) is 5.91 Å². The molecule has 0 saturated carbocycles. The van der Waals surface area contributed by atoms with Crippen LogP contribution in [-0.4, -0.2) is 34.7 Å². The van der Waals surface area contributed by atoms with Gasteiger partial charge >= 0.3 is 6.36 Å². The van der Waals surface area contributed by atoms with E-state index < -0.39 is 12.2 Å². The zero-order valence-electron chi connectivity index (χ0n) is 22.0. The number of nitrogens with one attached hydrogen (secondary N) is 1. The van der Waals surface area contributed by atoms with Crippen molar-refractivity contribution in [2.45, 2.75) is 45.5 Å². The third kappa shape index (κ3) is 6.50. The van der Waals surface area contributed by atoms with E-state index in [1.54, 1.807) is 35.7 Å². The predicted octanol–water partition coefficient (Wildman–Crippen LogP) is 6.72. The number of aryl methyl sites for hydroxylation is 2. The molecule has 0 bridgehead atoms. The highest BCUT2D eigenvalue weighted by Crippen LogP contribution is 2.33. The molecule has 1 fully saturated rings. The Bertz CT molecular complexity index is 1500. The number of hydrogen-bond acceptors (Lipinski definition) is 4. The van der Waals surface area contributed by atoms with Crippen LogP contribution >= 0.6 is 12.4 Å². The molecule has 1 aliphatic rings. The van der Waals surface area contributed by atoms with Crippen LogP contribution in [0.3, 0.4) is 0 Å². The minimum absolute atomic E-state index is 0.